The number of H-pyrrole nitrogens is 1. The minimum Gasteiger partial charge on any atom is -0.334 e. The second-order valence-corrected chi connectivity index (χ2v) is 5.45. The van der Waals surface area contributed by atoms with Crippen LogP contribution in [0.1, 0.15) is 37.5 Å². The lowest BCUT2D eigenvalue weighted by molar-refractivity contribution is 0.402. The molecular formula is C15H17N5O. The molecule has 2 aromatic heterocycles. The third-order valence-corrected chi connectivity index (χ3v) is 4.03. The number of nitrogens with zero attached hydrogens (tertiary/aromatic N) is 3. The summed E-state index contributed by atoms with van der Waals surface area (Å²) in [6.45, 7) is 1.02. The Morgan fingerprint density at radius 2 is 2.19 bits per heavy atom. The molecular weight excluding hydrogens is 266 g/mol. The van der Waals surface area contributed by atoms with E-state index >= 15 is 0 Å². The van der Waals surface area contributed by atoms with Crippen molar-refractivity contribution in [3.8, 4) is 11.5 Å². The molecule has 6 nitrogen and oxygen atoms in total. The summed E-state index contributed by atoms with van der Waals surface area (Å²) in [6.07, 6.45) is 6.55. The van der Waals surface area contributed by atoms with E-state index in [1.165, 1.54) is 19.3 Å². The number of aromatic amines is 1. The van der Waals surface area contributed by atoms with Crippen LogP contribution in [0, 0.1) is 0 Å². The number of nitrogens with one attached hydrogen (secondary N) is 2. The summed E-state index contributed by atoms with van der Waals surface area (Å²) in [5.41, 5.74) is 1.90. The van der Waals surface area contributed by atoms with Crippen molar-refractivity contribution in [3.63, 3.8) is 0 Å². The smallest absolute Gasteiger partial charge is 0.258 e. The summed E-state index contributed by atoms with van der Waals surface area (Å²) in [5.74, 6) is 1.32. The molecule has 0 radical (unpaired) electrons. The van der Waals surface area contributed by atoms with Crippen molar-refractivity contribution in [2.24, 2.45) is 0 Å². The number of benzene rings is 1. The Kier molecular flexibility index (Phi) is 3.16. The lowest BCUT2D eigenvalue weighted by Gasteiger charge is -2.09. The van der Waals surface area contributed by atoms with Crippen LogP contribution in [0.3, 0.4) is 0 Å². The highest BCUT2D eigenvalue weighted by atomic mass is 16.5. The van der Waals surface area contributed by atoms with E-state index in [4.69, 9.17) is 4.52 Å². The summed E-state index contributed by atoms with van der Waals surface area (Å²) in [7, 11) is 0. The highest BCUT2D eigenvalue weighted by Gasteiger charge is 2.20. The SMILES string of the molecule is c1cc(-c2nc([C@@H]3CCCCCN3)no2)c2cn[nH]c2c1. The Bertz CT molecular complexity index is 739. The zero-order valence-electron chi connectivity index (χ0n) is 11.7. The van der Waals surface area contributed by atoms with Crippen molar-refractivity contribution in [2.75, 3.05) is 6.54 Å². The fourth-order valence-corrected chi connectivity index (χ4v) is 2.89. The van der Waals surface area contributed by atoms with Crippen molar-refractivity contribution in [1.82, 2.24) is 25.7 Å². The van der Waals surface area contributed by atoms with Crippen LogP contribution in [0.4, 0.5) is 0 Å². The number of hydrogen-bond acceptors (Lipinski definition) is 5. The first-order valence-corrected chi connectivity index (χ1v) is 7.41. The van der Waals surface area contributed by atoms with Crippen LogP contribution in [0.2, 0.25) is 0 Å². The summed E-state index contributed by atoms with van der Waals surface area (Å²) in [4.78, 5) is 4.59. The Balaban J connectivity index is 1.69. The Labute approximate surface area is 121 Å². The largest absolute Gasteiger partial charge is 0.334 e. The molecule has 0 bridgehead atoms. The predicted octanol–water partition coefficient (Wildman–Crippen LogP) is 2.82. The van der Waals surface area contributed by atoms with E-state index < -0.39 is 0 Å². The van der Waals surface area contributed by atoms with Crippen LogP contribution >= 0.6 is 0 Å². The molecule has 1 saturated heterocycles. The van der Waals surface area contributed by atoms with Gasteiger partial charge in [0.25, 0.3) is 5.89 Å². The lowest BCUT2D eigenvalue weighted by atomic mass is 10.1. The van der Waals surface area contributed by atoms with Crippen LogP contribution in [-0.4, -0.2) is 26.9 Å². The van der Waals surface area contributed by atoms with Gasteiger partial charge < -0.3 is 9.84 Å². The van der Waals surface area contributed by atoms with E-state index in [9.17, 15) is 0 Å². The van der Waals surface area contributed by atoms with Gasteiger partial charge >= 0.3 is 0 Å². The number of hydrogen-bond donors (Lipinski definition) is 2. The fraction of sp³-hybridized carbons (Fsp3) is 0.400. The summed E-state index contributed by atoms with van der Waals surface area (Å²) < 4.78 is 5.48. The average Bonchev–Trinajstić information content (AvgIpc) is 3.10. The van der Waals surface area contributed by atoms with Crippen LogP contribution in [0.15, 0.2) is 28.9 Å². The quantitative estimate of drug-likeness (QED) is 0.756. The van der Waals surface area contributed by atoms with Crippen molar-refractivity contribution in [1.29, 1.82) is 0 Å². The van der Waals surface area contributed by atoms with Crippen molar-refractivity contribution >= 4 is 10.9 Å². The van der Waals surface area contributed by atoms with Crippen molar-refractivity contribution in [3.05, 3.63) is 30.2 Å². The Morgan fingerprint density at radius 1 is 1.19 bits per heavy atom. The maximum atomic E-state index is 5.48. The molecule has 0 saturated carbocycles. The van der Waals surface area contributed by atoms with E-state index in [-0.39, 0.29) is 6.04 Å². The number of fused-ring (bicyclic) bond motifs is 1. The molecule has 3 heterocycles. The highest BCUT2D eigenvalue weighted by molar-refractivity contribution is 5.91. The minimum atomic E-state index is 0.202. The Morgan fingerprint density at radius 3 is 3.19 bits per heavy atom. The highest BCUT2D eigenvalue weighted by Crippen LogP contribution is 2.28. The number of rotatable bonds is 2. The molecule has 0 unspecified atom stereocenters. The summed E-state index contributed by atoms with van der Waals surface area (Å²) in [6, 6.07) is 6.13. The molecule has 0 amide bonds. The van der Waals surface area contributed by atoms with Gasteiger partial charge in [-0.05, 0) is 31.5 Å². The third-order valence-electron chi connectivity index (χ3n) is 4.03. The van der Waals surface area contributed by atoms with Gasteiger partial charge in [0, 0.05) is 5.39 Å². The molecule has 0 spiro atoms. The van der Waals surface area contributed by atoms with E-state index in [1.807, 2.05) is 18.2 Å². The first-order chi connectivity index (χ1) is 10.4. The average molecular weight is 283 g/mol. The Hall–Kier alpha value is -2.21. The second kappa shape index (κ2) is 5.29. The van der Waals surface area contributed by atoms with E-state index in [1.54, 1.807) is 6.20 Å². The monoisotopic (exact) mass is 283 g/mol. The topological polar surface area (TPSA) is 79.6 Å². The second-order valence-electron chi connectivity index (χ2n) is 5.45. The maximum absolute atomic E-state index is 5.48. The normalized spacial score (nSPS) is 19.7. The van der Waals surface area contributed by atoms with Crippen LogP contribution in [0.25, 0.3) is 22.4 Å². The molecule has 108 valence electrons. The fourth-order valence-electron chi connectivity index (χ4n) is 2.89. The molecule has 0 aliphatic carbocycles. The van der Waals surface area contributed by atoms with Gasteiger partial charge in [-0.1, -0.05) is 24.1 Å². The van der Waals surface area contributed by atoms with Crippen LogP contribution in [-0.2, 0) is 0 Å². The summed E-state index contributed by atoms with van der Waals surface area (Å²) >= 11 is 0. The van der Waals surface area contributed by atoms with Crippen molar-refractivity contribution in [2.45, 2.75) is 31.7 Å². The lowest BCUT2D eigenvalue weighted by Crippen LogP contribution is -2.21. The first kappa shape index (κ1) is 12.5. The molecule has 1 aromatic carbocycles. The van der Waals surface area contributed by atoms with Crippen LogP contribution in [0.5, 0.6) is 0 Å². The molecule has 2 N–H and O–H groups in total. The zero-order chi connectivity index (χ0) is 14.1. The number of aromatic nitrogens is 4. The van der Waals surface area contributed by atoms with Crippen molar-refractivity contribution < 1.29 is 4.52 Å². The van der Waals surface area contributed by atoms with Gasteiger partial charge in [0.2, 0.25) is 0 Å². The molecule has 21 heavy (non-hydrogen) atoms. The molecule has 1 aliphatic rings. The minimum absolute atomic E-state index is 0.202. The molecule has 4 rings (SSSR count). The van der Waals surface area contributed by atoms with Gasteiger partial charge in [-0.15, -0.1) is 0 Å². The third kappa shape index (κ3) is 2.31. The first-order valence-electron chi connectivity index (χ1n) is 7.41. The van der Waals surface area contributed by atoms with Gasteiger partial charge in [0.15, 0.2) is 5.82 Å². The molecule has 3 aromatic rings. The molecule has 1 aliphatic heterocycles. The van der Waals surface area contributed by atoms with E-state index in [0.29, 0.717) is 5.89 Å². The molecule has 1 atom stereocenters. The van der Waals surface area contributed by atoms with Gasteiger partial charge in [-0.25, -0.2) is 0 Å². The van der Waals surface area contributed by atoms with Gasteiger partial charge in [0.05, 0.1) is 23.3 Å². The van der Waals surface area contributed by atoms with Gasteiger partial charge in [-0.2, -0.15) is 10.1 Å². The van der Waals surface area contributed by atoms with Crippen LogP contribution < -0.4 is 5.32 Å². The van der Waals surface area contributed by atoms with E-state index in [2.05, 4.69) is 25.7 Å². The van der Waals surface area contributed by atoms with E-state index in [0.717, 1.165) is 35.3 Å². The molecule has 1 fully saturated rings. The maximum Gasteiger partial charge on any atom is 0.258 e. The van der Waals surface area contributed by atoms with Gasteiger partial charge in [-0.3, -0.25) is 5.10 Å². The van der Waals surface area contributed by atoms with Gasteiger partial charge in [0.1, 0.15) is 0 Å². The summed E-state index contributed by atoms with van der Waals surface area (Å²) in [5, 5.41) is 15.7. The predicted molar refractivity (Wildman–Crippen MR) is 78.6 cm³/mol. The zero-order valence-corrected chi connectivity index (χ0v) is 11.7. The standard InChI is InChI=1S/C15H17N5O/c1-2-6-13(16-8-3-1)14-18-15(21-20-14)10-5-4-7-12-11(10)9-17-19-12/h4-5,7,9,13,16H,1-3,6,8H2,(H,17,19)/t13-/m0/s1. The molecule has 6 heteroatoms.